The first kappa shape index (κ1) is 19.4. The van der Waals surface area contributed by atoms with Gasteiger partial charge in [0.25, 0.3) is 0 Å². The predicted octanol–water partition coefficient (Wildman–Crippen LogP) is 8.85. The molecule has 7 aromatic rings. The lowest BCUT2D eigenvalue weighted by Crippen LogP contribution is -2.15. The minimum Gasteiger partial charge on any atom is -0.309 e. The number of para-hydroxylation sites is 1. The lowest BCUT2D eigenvalue weighted by Gasteiger charge is -2.23. The molecule has 0 spiro atoms. The van der Waals surface area contributed by atoms with Crippen LogP contribution in [0.4, 0.5) is 0 Å². The van der Waals surface area contributed by atoms with E-state index in [0.29, 0.717) is 0 Å². The number of nitrogens with zero attached hydrogens (tertiary/aromatic N) is 2. The summed E-state index contributed by atoms with van der Waals surface area (Å²) in [5.41, 5.74) is 12.2. The van der Waals surface area contributed by atoms with E-state index in [9.17, 15) is 0 Å². The highest BCUT2D eigenvalue weighted by atomic mass is 32.1. The van der Waals surface area contributed by atoms with Gasteiger partial charge in [0, 0.05) is 21.9 Å². The number of hydrogen-bond donors (Lipinski definition) is 0. The van der Waals surface area contributed by atoms with Crippen LogP contribution in [-0.4, -0.2) is 9.55 Å². The average Bonchev–Trinajstić information content (AvgIpc) is 3.54. The van der Waals surface area contributed by atoms with Gasteiger partial charge in [0.05, 0.1) is 26.8 Å². The van der Waals surface area contributed by atoms with Gasteiger partial charge in [-0.25, -0.2) is 4.98 Å². The molecule has 0 saturated carbocycles. The Morgan fingerprint density at radius 1 is 0.714 bits per heavy atom. The Labute approximate surface area is 207 Å². The topological polar surface area (TPSA) is 17.8 Å². The van der Waals surface area contributed by atoms with Crippen LogP contribution in [-0.2, 0) is 5.41 Å². The predicted molar refractivity (Wildman–Crippen MR) is 149 cm³/mol. The fraction of sp³-hybridized carbons (Fsp3) is 0.0938. The Kier molecular flexibility index (Phi) is 3.64. The molecule has 2 heterocycles. The van der Waals surface area contributed by atoms with Gasteiger partial charge >= 0.3 is 0 Å². The summed E-state index contributed by atoms with van der Waals surface area (Å²) in [5.74, 6) is 0. The number of hydrogen-bond acceptors (Lipinski definition) is 2. The van der Waals surface area contributed by atoms with Crippen molar-refractivity contribution >= 4 is 54.1 Å². The first-order valence-corrected chi connectivity index (χ1v) is 12.9. The van der Waals surface area contributed by atoms with E-state index in [-0.39, 0.29) is 5.41 Å². The molecule has 35 heavy (non-hydrogen) atoms. The minimum atomic E-state index is -0.0807. The average molecular weight is 467 g/mol. The largest absolute Gasteiger partial charge is 0.309 e. The molecule has 2 aromatic heterocycles. The van der Waals surface area contributed by atoms with Crippen LogP contribution in [0.3, 0.4) is 0 Å². The molecule has 0 fully saturated rings. The number of fused-ring (bicyclic) bond motifs is 9. The molecule has 5 aromatic carbocycles. The highest BCUT2D eigenvalue weighted by Gasteiger charge is 2.37. The van der Waals surface area contributed by atoms with Gasteiger partial charge in [-0.05, 0) is 69.4 Å². The maximum Gasteiger partial charge on any atom is 0.0813 e. The molecule has 0 unspecified atom stereocenters. The van der Waals surface area contributed by atoms with Crippen LogP contribution >= 0.6 is 11.3 Å². The van der Waals surface area contributed by atoms with Crippen molar-refractivity contribution in [2.24, 2.45) is 0 Å². The quantitative estimate of drug-likeness (QED) is 0.236. The van der Waals surface area contributed by atoms with E-state index in [1.165, 1.54) is 65.2 Å². The summed E-state index contributed by atoms with van der Waals surface area (Å²) >= 11 is 1.70. The molecule has 0 N–H and O–H groups in total. The summed E-state index contributed by atoms with van der Waals surface area (Å²) in [6, 6.07) is 33.7. The molecule has 8 rings (SSSR count). The van der Waals surface area contributed by atoms with Gasteiger partial charge in [-0.2, -0.15) is 0 Å². The van der Waals surface area contributed by atoms with E-state index >= 15 is 0 Å². The standard InChI is InChI=1S/C32H22N2S/c1-32(2)26-17-29-25(16-24(26)23-13-11-19-7-3-4-8-21(19)31(23)32)22-9-5-6-10-28(22)34(29)20-12-14-27-30(15-20)35-18-33-27/h3-18H,1-2H3. The van der Waals surface area contributed by atoms with Gasteiger partial charge in [0.1, 0.15) is 0 Å². The van der Waals surface area contributed by atoms with Crippen LogP contribution in [0.15, 0.2) is 96.5 Å². The summed E-state index contributed by atoms with van der Waals surface area (Å²) in [6.45, 7) is 4.76. The van der Waals surface area contributed by atoms with E-state index in [0.717, 1.165) is 5.52 Å². The SMILES string of the molecule is CC1(C)c2cc3c(cc2-c2ccc4ccccc4c21)c1ccccc1n3-c1ccc2ncsc2c1. The fourth-order valence-corrected chi connectivity index (χ4v) is 7.03. The Morgan fingerprint density at radius 3 is 2.46 bits per heavy atom. The van der Waals surface area contributed by atoms with E-state index in [2.05, 4.69) is 114 Å². The maximum atomic E-state index is 4.49. The van der Waals surface area contributed by atoms with Crippen LogP contribution in [0.25, 0.3) is 59.6 Å². The lowest BCUT2D eigenvalue weighted by molar-refractivity contribution is 0.667. The Balaban J connectivity index is 1.50. The van der Waals surface area contributed by atoms with Gasteiger partial charge < -0.3 is 4.57 Å². The fourth-order valence-electron chi connectivity index (χ4n) is 6.32. The van der Waals surface area contributed by atoms with E-state index in [4.69, 9.17) is 0 Å². The number of rotatable bonds is 1. The molecule has 0 radical (unpaired) electrons. The molecule has 0 atom stereocenters. The monoisotopic (exact) mass is 466 g/mol. The van der Waals surface area contributed by atoms with Gasteiger partial charge in [-0.15, -0.1) is 11.3 Å². The van der Waals surface area contributed by atoms with Crippen molar-refractivity contribution in [3.05, 3.63) is 108 Å². The van der Waals surface area contributed by atoms with Crippen LogP contribution in [0, 0.1) is 0 Å². The summed E-state index contributed by atoms with van der Waals surface area (Å²) in [5, 5.41) is 5.27. The highest BCUT2D eigenvalue weighted by molar-refractivity contribution is 7.16. The lowest BCUT2D eigenvalue weighted by atomic mass is 9.80. The highest BCUT2D eigenvalue weighted by Crippen LogP contribution is 2.53. The van der Waals surface area contributed by atoms with Crippen LogP contribution in [0.5, 0.6) is 0 Å². The van der Waals surface area contributed by atoms with Crippen molar-refractivity contribution in [2.45, 2.75) is 19.3 Å². The Bertz CT molecular complexity index is 1990. The summed E-state index contributed by atoms with van der Waals surface area (Å²) in [7, 11) is 0. The third-order valence-electron chi connectivity index (χ3n) is 7.90. The van der Waals surface area contributed by atoms with Crippen LogP contribution in [0.1, 0.15) is 25.0 Å². The van der Waals surface area contributed by atoms with Gasteiger partial charge in [-0.1, -0.05) is 68.4 Å². The Morgan fingerprint density at radius 2 is 1.54 bits per heavy atom. The van der Waals surface area contributed by atoms with Gasteiger partial charge in [0.2, 0.25) is 0 Å². The maximum absolute atomic E-state index is 4.49. The second-order valence-corrected chi connectivity index (χ2v) is 11.0. The molecule has 2 nitrogen and oxygen atoms in total. The van der Waals surface area contributed by atoms with Crippen LogP contribution in [0.2, 0.25) is 0 Å². The molecule has 0 bridgehead atoms. The number of thiazole rings is 1. The summed E-state index contributed by atoms with van der Waals surface area (Å²) < 4.78 is 3.65. The van der Waals surface area contributed by atoms with Crippen molar-refractivity contribution in [3.63, 3.8) is 0 Å². The minimum absolute atomic E-state index is 0.0807. The first-order chi connectivity index (χ1) is 17.1. The van der Waals surface area contributed by atoms with E-state index in [1.54, 1.807) is 11.3 Å². The number of aromatic nitrogens is 2. The molecule has 3 heteroatoms. The number of benzene rings is 5. The molecular weight excluding hydrogens is 444 g/mol. The van der Waals surface area contributed by atoms with Crippen LogP contribution < -0.4 is 0 Å². The van der Waals surface area contributed by atoms with Crippen molar-refractivity contribution < 1.29 is 0 Å². The van der Waals surface area contributed by atoms with Gasteiger partial charge in [0.15, 0.2) is 0 Å². The third-order valence-corrected chi connectivity index (χ3v) is 8.69. The second kappa shape index (κ2) is 6.59. The van der Waals surface area contributed by atoms with Crippen molar-refractivity contribution in [1.82, 2.24) is 9.55 Å². The van der Waals surface area contributed by atoms with Crippen molar-refractivity contribution in [1.29, 1.82) is 0 Å². The molecule has 0 aliphatic heterocycles. The Hall–Kier alpha value is -3.95. The molecule has 1 aliphatic carbocycles. The molecule has 1 aliphatic rings. The summed E-state index contributed by atoms with van der Waals surface area (Å²) in [6.07, 6.45) is 0. The summed E-state index contributed by atoms with van der Waals surface area (Å²) in [4.78, 5) is 4.49. The molecule has 0 amide bonds. The molecular formula is C32H22N2S. The zero-order chi connectivity index (χ0) is 23.3. The smallest absolute Gasteiger partial charge is 0.0813 e. The first-order valence-electron chi connectivity index (χ1n) is 12.1. The van der Waals surface area contributed by atoms with Crippen molar-refractivity contribution in [3.8, 4) is 16.8 Å². The normalized spacial score (nSPS) is 14.2. The van der Waals surface area contributed by atoms with Crippen molar-refractivity contribution in [2.75, 3.05) is 0 Å². The second-order valence-electron chi connectivity index (χ2n) is 10.1. The van der Waals surface area contributed by atoms with Gasteiger partial charge in [-0.3, -0.25) is 0 Å². The zero-order valence-electron chi connectivity index (χ0n) is 19.5. The van der Waals surface area contributed by atoms with E-state index in [1.807, 2.05) is 5.51 Å². The van der Waals surface area contributed by atoms with E-state index < -0.39 is 0 Å². The molecule has 166 valence electrons. The third kappa shape index (κ3) is 2.46. The molecule has 0 saturated heterocycles. The zero-order valence-corrected chi connectivity index (χ0v) is 20.4.